The molecule has 2 fully saturated rings. The number of phenolic OH excluding ortho intramolecular Hbond substituents is 1. The lowest BCUT2D eigenvalue weighted by Crippen LogP contribution is -2.65. The highest BCUT2D eigenvalue weighted by atomic mass is 16.5. The van der Waals surface area contributed by atoms with Crippen molar-refractivity contribution < 1.29 is 39.5 Å². The van der Waals surface area contributed by atoms with Gasteiger partial charge in [-0.3, -0.25) is 24.2 Å². The van der Waals surface area contributed by atoms with Gasteiger partial charge in [-0.2, -0.15) is 0 Å². The van der Waals surface area contributed by atoms with Gasteiger partial charge in [0.25, 0.3) is 5.91 Å². The quantitative estimate of drug-likeness (QED) is 0.303. The van der Waals surface area contributed by atoms with Gasteiger partial charge in [-0.05, 0) is 93.7 Å². The Morgan fingerprint density at radius 2 is 1.78 bits per heavy atom. The first kappa shape index (κ1) is 30.8. The predicted octanol–water partition coefficient (Wildman–Crippen LogP) is 2.63. The van der Waals surface area contributed by atoms with E-state index in [0.29, 0.717) is 16.9 Å². The van der Waals surface area contributed by atoms with Gasteiger partial charge in [-0.15, -0.1) is 0 Å². The number of ether oxygens (including phenoxy) is 1. The molecule has 0 aromatic heterocycles. The number of aliphatic hydroxyl groups is 3. The second-order valence-electron chi connectivity index (χ2n) is 12.8. The summed E-state index contributed by atoms with van der Waals surface area (Å²) < 4.78 is 5.74. The van der Waals surface area contributed by atoms with E-state index in [1.807, 2.05) is 12.1 Å². The maximum Gasteiger partial charge on any atom is 0.255 e. The Morgan fingerprint density at radius 1 is 1.07 bits per heavy atom. The SMILES string of the molecule is COc1ccc(CN2CCCCC2)cc1-c1ccc(O)c2c1C[C@@H]1C[C@@H]3C(N(C)C)C(=O)C(C(N)=O)=C(O)[C@]3(O)C(=O)C1=C2O. The van der Waals surface area contributed by atoms with Crippen LogP contribution in [-0.2, 0) is 27.3 Å². The minimum Gasteiger partial charge on any atom is -0.508 e. The zero-order valence-corrected chi connectivity index (χ0v) is 25.7. The van der Waals surface area contributed by atoms with Crippen LogP contribution in [0.4, 0.5) is 0 Å². The number of fused-ring (bicyclic) bond motifs is 3. The molecule has 6 rings (SSSR count). The Labute approximate surface area is 261 Å². The molecule has 11 nitrogen and oxygen atoms in total. The topological polar surface area (TPSA) is 174 Å². The number of primary amides is 1. The first-order chi connectivity index (χ1) is 21.4. The third-order valence-electron chi connectivity index (χ3n) is 10.0. The summed E-state index contributed by atoms with van der Waals surface area (Å²) in [5.41, 5.74) is 4.93. The number of aromatic hydroxyl groups is 1. The number of phenols is 1. The highest BCUT2D eigenvalue weighted by Gasteiger charge is 2.64. The fraction of sp³-hybridized carbons (Fsp3) is 0.441. The van der Waals surface area contributed by atoms with Gasteiger partial charge >= 0.3 is 0 Å². The minimum absolute atomic E-state index is 0.0208. The van der Waals surface area contributed by atoms with E-state index in [1.165, 1.54) is 17.4 Å². The number of amides is 1. The maximum atomic E-state index is 14.1. The monoisotopic (exact) mass is 617 g/mol. The van der Waals surface area contributed by atoms with Crippen LogP contribution in [0.1, 0.15) is 42.4 Å². The first-order valence-electron chi connectivity index (χ1n) is 15.3. The number of carbonyl (C=O) groups excluding carboxylic acids is 3. The fourth-order valence-electron chi connectivity index (χ4n) is 7.94. The van der Waals surface area contributed by atoms with E-state index in [9.17, 15) is 34.8 Å². The lowest BCUT2D eigenvalue weighted by atomic mass is 9.57. The molecule has 45 heavy (non-hydrogen) atoms. The summed E-state index contributed by atoms with van der Waals surface area (Å²) in [5, 5.41) is 45.6. The van der Waals surface area contributed by atoms with Gasteiger partial charge in [-0.1, -0.05) is 18.6 Å². The number of nitrogens with zero attached hydrogens (tertiary/aromatic N) is 2. The van der Waals surface area contributed by atoms with Crippen molar-refractivity contribution in [1.29, 1.82) is 0 Å². The van der Waals surface area contributed by atoms with Crippen molar-refractivity contribution in [3.05, 3.63) is 63.9 Å². The summed E-state index contributed by atoms with van der Waals surface area (Å²) in [5.74, 6) is -6.17. The molecule has 11 heteroatoms. The number of nitrogens with two attached hydrogens (primary N) is 1. The van der Waals surface area contributed by atoms with Gasteiger partial charge in [0.1, 0.15) is 28.6 Å². The smallest absolute Gasteiger partial charge is 0.255 e. The molecule has 6 N–H and O–H groups in total. The van der Waals surface area contributed by atoms with E-state index in [1.54, 1.807) is 27.3 Å². The third kappa shape index (κ3) is 4.72. The molecule has 1 heterocycles. The number of likely N-dealkylation sites (N-methyl/N-ethyl adjacent to an activating group) is 1. The van der Waals surface area contributed by atoms with Crippen LogP contribution in [0.2, 0.25) is 0 Å². The van der Waals surface area contributed by atoms with Gasteiger partial charge in [0.2, 0.25) is 5.78 Å². The molecule has 4 atom stereocenters. The molecule has 1 aliphatic heterocycles. The molecule has 4 aliphatic rings. The van der Waals surface area contributed by atoms with Gasteiger partial charge in [0, 0.05) is 23.6 Å². The van der Waals surface area contributed by atoms with E-state index in [2.05, 4.69) is 11.0 Å². The Balaban J connectivity index is 1.49. The number of Topliss-reactive ketones (excluding diaryl/α,β-unsaturated/α-hetero) is 2. The summed E-state index contributed by atoms with van der Waals surface area (Å²) in [6.07, 6.45) is 3.77. The minimum atomic E-state index is -2.68. The van der Waals surface area contributed by atoms with E-state index in [-0.39, 0.29) is 29.7 Å². The second-order valence-corrected chi connectivity index (χ2v) is 12.8. The molecule has 3 aliphatic carbocycles. The van der Waals surface area contributed by atoms with Crippen LogP contribution in [0.3, 0.4) is 0 Å². The van der Waals surface area contributed by atoms with Crippen molar-refractivity contribution in [3.63, 3.8) is 0 Å². The number of hydrogen-bond acceptors (Lipinski definition) is 10. The Kier molecular flexibility index (Phi) is 7.75. The fourth-order valence-corrected chi connectivity index (χ4v) is 7.94. The number of methoxy groups -OCH3 is 1. The molecule has 1 saturated carbocycles. The van der Waals surface area contributed by atoms with Gasteiger partial charge in [0.05, 0.1) is 18.7 Å². The molecule has 1 amide bonds. The molecule has 0 bridgehead atoms. The lowest BCUT2D eigenvalue weighted by Gasteiger charge is -2.50. The van der Waals surface area contributed by atoms with E-state index in [0.717, 1.165) is 43.6 Å². The van der Waals surface area contributed by atoms with E-state index >= 15 is 0 Å². The molecular weight excluding hydrogens is 578 g/mol. The number of piperidine rings is 1. The van der Waals surface area contributed by atoms with E-state index in [4.69, 9.17) is 10.5 Å². The largest absolute Gasteiger partial charge is 0.508 e. The number of benzene rings is 2. The van der Waals surface area contributed by atoms with Gasteiger partial charge in [0.15, 0.2) is 11.4 Å². The molecule has 238 valence electrons. The van der Waals surface area contributed by atoms with Crippen LogP contribution in [0.15, 0.2) is 47.2 Å². The standard InChI is InChI=1S/C34H39N3O8/c1-36(2)28-22-15-18-14-21-19(20-13-17(7-10-24(20)45-3)16-37-11-5-4-6-12-37)8-9-23(38)26(21)29(39)25(18)31(41)34(22,44)32(42)27(30(28)40)33(35)43/h7-10,13,18,22,28,38-39,42,44H,4-6,11-12,14-16H2,1-3H3,(H2,35,43)/t18-,22-,28?,34-/m1/s1. The highest BCUT2D eigenvalue weighted by Crippen LogP contribution is 2.54. The Morgan fingerprint density at radius 3 is 2.42 bits per heavy atom. The second kappa shape index (κ2) is 11.3. The Hall–Kier alpha value is -4.19. The number of hydrogen-bond donors (Lipinski definition) is 5. The molecule has 0 spiro atoms. The van der Waals surface area contributed by atoms with Crippen LogP contribution < -0.4 is 10.5 Å². The molecule has 1 unspecified atom stereocenters. The molecule has 1 saturated heterocycles. The van der Waals surface area contributed by atoms with Crippen LogP contribution in [0.25, 0.3) is 16.9 Å². The molecule has 0 radical (unpaired) electrons. The summed E-state index contributed by atoms with van der Waals surface area (Å²) in [6.45, 7) is 2.83. The van der Waals surface area contributed by atoms with Gasteiger partial charge in [-0.25, -0.2) is 0 Å². The summed E-state index contributed by atoms with van der Waals surface area (Å²) in [4.78, 5) is 43.6. The predicted molar refractivity (Wildman–Crippen MR) is 165 cm³/mol. The normalized spacial score (nSPS) is 26.9. The Bertz CT molecular complexity index is 1670. The molecule has 2 aromatic rings. The number of ketones is 2. The van der Waals surface area contributed by atoms with Crippen LogP contribution in [-0.4, -0.2) is 93.6 Å². The van der Waals surface area contributed by atoms with Crippen LogP contribution >= 0.6 is 0 Å². The summed E-state index contributed by atoms with van der Waals surface area (Å²) >= 11 is 0. The number of likely N-dealkylation sites (tertiary alicyclic amines) is 1. The average molecular weight is 618 g/mol. The summed E-state index contributed by atoms with van der Waals surface area (Å²) in [7, 11) is 4.73. The van der Waals surface area contributed by atoms with Crippen molar-refractivity contribution in [2.75, 3.05) is 34.3 Å². The zero-order chi connectivity index (χ0) is 32.4. The van der Waals surface area contributed by atoms with E-state index < -0.39 is 58.0 Å². The van der Waals surface area contributed by atoms with Crippen LogP contribution in [0, 0.1) is 11.8 Å². The van der Waals surface area contributed by atoms with Crippen LogP contribution in [0.5, 0.6) is 11.5 Å². The summed E-state index contributed by atoms with van der Waals surface area (Å²) in [6, 6.07) is 8.05. The number of rotatable bonds is 6. The highest BCUT2D eigenvalue weighted by molar-refractivity contribution is 6.24. The lowest BCUT2D eigenvalue weighted by molar-refractivity contribution is -0.153. The zero-order valence-electron chi connectivity index (χ0n) is 25.7. The third-order valence-corrected chi connectivity index (χ3v) is 10.0. The number of carbonyl (C=O) groups is 3. The molecular formula is C34H39N3O8. The average Bonchev–Trinajstić information content (AvgIpc) is 2.99. The number of aliphatic hydroxyl groups excluding tert-OH is 2. The maximum absolute atomic E-state index is 14.1. The van der Waals surface area contributed by atoms with Crippen molar-refractivity contribution >= 4 is 23.2 Å². The first-order valence-corrected chi connectivity index (χ1v) is 15.3. The van der Waals surface area contributed by atoms with Crippen molar-refractivity contribution in [2.24, 2.45) is 17.6 Å². The van der Waals surface area contributed by atoms with Crippen molar-refractivity contribution in [3.8, 4) is 22.6 Å². The van der Waals surface area contributed by atoms with Crippen molar-refractivity contribution in [1.82, 2.24) is 9.80 Å². The molecule has 2 aromatic carbocycles. The van der Waals surface area contributed by atoms with Gasteiger partial charge < -0.3 is 30.9 Å². The van der Waals surface area contributed by atoms with Crippen molar-refractivity contribution in [2.45, 2.75) is 50.3 Å².